The van der Waals surface area contributed by atoms with Crippen LogP contribution in [0.4, 0.5) is 11.7 Å². The van der Waals surface area contributed by atoms with Crippen LogP contribution in [0, 0.1) is 0 Å². The third kappa shape index (κ3) is 4.07. The number of aromatic nitrogens is 1. The van der Waals surface area contributed by atoms with Crippen molar-refractivity contribution in [1.82, 2.24) is 4.98 Å². The molecule has 0 radical (unpaired) electrons. The van der Waals surface area contributed by atoms with Crippen LogP contribution in [0.25, 0.3) is 11.3 Å². The molecular weight excluding hydrogens is 380 g/mol. The van der Waals surface area contributed by atoms with E-state index in [0.717, 1.165) is 0 Å². The van der Waals surface area contributed by atoms with Crippen LogP contribution in [0.15, 0.2) is 58.0 Å². The fourth-order valence-electron chi connectivity index (χ4n) is 2.62. The lowest BCUT2D eigenvalue weighted by molar-refractivity contribution is 0.101. The number of oxazole rings is 1. The van der Waals surface area contributed by atoms with Crippen LogP contribution in [-0.2, 0) is 9.84 Å². The highest BCUT2D eigenvalue weighted by molar-refractivity contribution is 7.91. The summed E-state index contributed by atoms with van der Waals surface area (Å²) in [6.45, 7) is 3.08. The molecule has 0 saturated carbocycles. The molecule has 146 valence electrons. The zero-order valence-corrected chi connectivity index (χ0v) is 16.5. The maximum atomic E-state index is 12.1. The van der Waals surface area contributed by atoms with Crippen LogP contribution in [0.5, 0.6) is 5.75 Å². The Morgan fingerprint density at radius 3 is 2.68 bits per heavy atom. The van der Waals surface area contributed by atoms with Gasteiger partial charge in [-0.2, -0.15) is 0 Å². The van der Waals surface area contributed by atoms with Gasteiger partial charge in [0.25, 0.3) is 6.01 Å². The van der Waals surface area contributed by atoms with Gasteiger partial charge in [0.05, 0.1) is 29.6 Å². The lowest BCUT2D eigenvalue weighted by Crippen LogP contribution is -2.05. The minimum absolute atomic E-state index is 0.00555. The molecule has 3 rings (SSSR count). The standard InChI is InChI=1S/C20H20N2O5S/c1-4-28(24,25)16-8-9-18(26-3)17(11-16)22-20-21-12-19(27-20)15-7-5-6-14(10-15)13(2)23/h5-12H,4H2,1-3H3,(H,21,22). The van der Waals surface area contributed by atoms with Gasteiger partial charge in [0.1, 0.15) is 5.75 Å². The second kappa shape index (κ2) is 7.85. The van der Waals surface area contributed by atoms with E-state index in [-0.39, 0.29) is 22.4 Å². The summed E-state index contributed by atoms with van der Waals surface area (Å²) in [5.74, 6) is 0.877. The number of methoxy groups -OCH3 is 1. The summed E-state index contributed by atoms with van der Waals surface area (Å²) in [6, 6.07) is 11.8. The summed E-state index contributed by atoms with van der Waals surface area (Å²) >= 11 is 0. The number of hydrogen-bond acceptors (Lipinski definition) is 7. The van der Waals surface area contributed by atoms with E-state index >= 15 is 0 Å². The van der Waals surface area contributed by atoms with E-state index in [2.05, 4.69) is 10.3 Å². The highest BCUT2D eigenvalue weighted by Gasteiger charge is 2.16. The number of anilines is 2. The SMILES string of the molecule is CCS(=O)(=O)c1ccc(OC)c(Nc2ncc(-c3cccc(C(C)=O)c3)o2)c1. The van der Waals surface area contributed by atoms with Gasteiger partial charge in [-0.3, -0.25) is 4.79 Å². The number of nitrogens with one attached hydrogen (secondary N) is 1. The smallest absolute Gasteiger partial charge is 0.299 e. The van der Waals surface area contributed by atoms with Crippen molar-refractivity contribution in [3.63, 3.8) is 0 Å². The molecule has 0 amide bonds. The van der Waals surface area contributed by atoms with E-state index in [1.54, 1.807) is 31.2 Å². The zero-order chi connectivity index (χ0) is 20.3. The predicted molar refractivity (Wildman–Crippen MR) is 106 cm³/mol. The second-order valence-electron chi connectivity index (χ2n) is 6.06. The molecule has 1 N–H and O–H groups in total. The minimum atomic E-state index is -3.37. The monoisotopic (exact) mass is 400 g/mol. The normalized spacial score (nSPS) is 11.2. The van der Waals surface area contributed by atoms with Crippen LogP contribution in [-0.4, -0.2) is 32.0 Å². The van der Waals surface area contributed by atoms with Gasteiger partial charge in [-0.1, -0.05) is 25.1 Å². The first-order chi connectivity index (χ1) is 13.3. The molecule has 1 heterocycles. The molecule has 0 bridgehead atoms. The molecule has 3 aromatic rings. The third-order valence-electron chi connectivity index (χ3n) is 4.21. The maximum Gasteiger partial charge on any atom is 0.299 e. The molecule has 1 aromatic heterocycles. The highest BCUT2D eigenvalue weighted by Crippen LogP contribution is 2.32. The van der Waals surface area contributed by atoms with E-state index in [4.69, 9.17) is 9.15 Å². The molecule has 0 unspecified atom stereocenters. The lowest BCUT2D eigenvalue weighted by Gasteiger charge is -2.11. The zero-order valence-electron chi connectivity index (χ0n) is 15.7. The molecule has 0 fully saturated rings. The Balaban J connectivity index is 1.92. The Labute approximate surface area is 163 Å². The Bertz CT molecular complexity index is 1120. The van der Waals surface area contributed by atoms with Gasteiger partial charge in [-0.15, -0.1) is 0 Å². The largest absolute Gasteiger partial charge is 0.495 e. The molecule has 0 aliphatic rings. The molecule has 7 nitrogen and oxygen atoms in total. The Hall–Kier alpha value is -3.13. The Morgan fingerprint density at radius 1 is 1.21 bits per heavy atom. The van der Waals surface area contributed by atoms with Crippen molar-refractivity contribution in [2.45, 2.75) is 18.7 Å². The van der Waals surface area contributed by atoms with E-state index in [0.29, 0.717) is 28.3 Å². The first-order valence-corrected chi connectivity index (χ1v) is 10.2. The molecule has 2 aromatic carbocycles. The summed E-state index contributed by atoms with van der Waals surface area (Å²) < 4.78 is 35.3. The van der Waals surface area contributed by atoms with Crippen LogP contribution in [0.1, 0.15) is 24.2 Å². The Kier molecular flexibility index (Phi) is 5.51. The van der Waals surface area contributed by atoms with E-state index in [1.807, 2.05) is 6.07 Å². The van der Waals surface area contributed by atoms with Crippen LogP contribution < -0.4 is 10.1 Å². The number of benzene rings is 2. The van der Waals surface area contributed by atoms with Gasteiger partial charge < -0.3 is 14.5 Å². The Morgan fingerprint density at radius 2 is 2.00 bits per heavy atom. The summed E-state index contributed by atoms with van der Waals surface area (Å²) in [4.78, 5) is 15.9. The lowest BCUT2D eigenvalue weighted by atomic mass is 10.1. The van der Waals surface area contributed by atoms with Crippen LogP contribution >= 0.6 is 0 Å². The molecule has 0 spiro atoms. The molecule has 28 heavy (non-hydrogen) atoms. The predicted octanol–water partition coefficient (Wildman–Crippen LogP) is 4.09. The fourth-order valence-corrected chi connectivity index (χ4v) is 3.52. The van der Waals surface area contributed by atoms with Crippen molar-refractivity contribution in [3.8, 4) is 17.1 Å². The van der Waals surface area contributed by atoms with Gasteiger partial charge in [0.15, 0.2) is 21.4 Å². The van der Waals surface area contributed by atoms with Crippen molar-refractivity contribution >= 4 is 27.3 Å². The summed E-state index contributed by atoms with van der Waals surface area (Å²) in [6.07, 6.45) is 1.53. The van der Waals surface area contributed by atoms with Crippen LogP contribution in [0.2, 0.25) is 0 Å². The first kappa shape index (κ1) is 19.6. The number of nitrogens with zero attached hydrogens (tertiary/aromatic N) is 1. The number of rotatable bonds is 7. The molecule has 0 saturated heterocycles. The summed E-state index contributed by atoms with van der Waals surface area (Å²) in [7, 11) is -1.88. The summed E-state index contributed by atoms with van der Waals surface area (Å²) in [5, 5.41) is 2.95. The van der Waals surface area contributed by atoms with Gasteiger partial charge in [0.2, 0.25) is 0 Å². The summed E-state index contributed by atoms with van der Waals surface area (Å²) in [5.41, 5.74) is 1.70. The van der Waals surface area contributed by atoms with Crippen molar-refractivity contribution in [2.75, 3.05) is 18.2 Å². The number of carbonyl (C=O) groups is 1. The minimum Gasteiger partial charge on any atom is -0.495 e. The molecular formula is C20H20N2O5S. The van der Waals surface area contributed by atoms with E-state index in [1.165, 1.54) is 32.4 Å². The molecule has 0 aliphatic carbocycles. The first-order valence-electron chi connectivity index (χ1n) is 8.59. The second-order valence-corrected chi connectivity index (χ2v) is 8.34. The van der Waals surface area contributed by atoms with E-state index < -0.39 is 9.84 Å². The van der Waals surface area contributed by atoms with Gasteiger partial charge in [-0.05, 0) is 31.2 Å². The average Bonchev–Trinajstić information content (AvgIpc) is 3.16. The van der Waals surface area contributed by atoms with Crippen molar-refractivity contribution in [2.24, 2.45) is 0 Å². The van der Waals surface area contributed by atoms with Crippen molar-refractivity contribution in [1.29, 1.82) is 0 Å². The number of carbonyl (C=O) groups excluding carboxylic acids is 1. The highest BCUT2D eigenvalue weighted by atomic mass is 32.2. The molecule has 8 heteroatoms. The fraction of sp³-hybridized carbons (Fsp3) is 0.200. The van der Waals surface area contributed by atoms with E-state index in [9.17, 15) is 13.2 Å². The number of ketones is 1. The average molecular weight is 400 g/mol. The van der Waals surface area contributed by atoms with Crippen molar-refractivity contribution in [3.05, 3.63) is 54.2 Å². The number of hydrogen-bond donors (Lipinski definition) is 1. The van der Waals surface area contributed by atoms with Gasteiger partial charge in [-0.25, -0.2) is 13.4 Å². The third-order valence-corrected chi connectivity index (χ3v) is 5.94. The number of ether oxygens (including phenoxy) is 1. The quantitative estimate of drug-likeness (QED) is 0.596. The topological polar surface area (TPSA) is 98.5 Å². The van der Waals surface area contributed by atoms with Gasteiger partial charge >= 0.3 is 0 Å². The van der Waals surface area contributed by atoms with Crippen molar-refractivity contribution < 1.29 is 22.4 Å². The molecule has 0 aliphatic heterocycles. The molecule has 0 atom stereocenters. The maximum absolute atomic E-state index is 12.1. The van der Waals surface area contributed by atoms with Gasteiger partial charge in [0, 0.05) is 11.1 Å². The van der Waals surface area contributed by atoms with Crippen LogP contribution in [0.3, 0.4) is 0 Å². The number of Topliss-reactive ketones (excluding diaryl/α,β-unsaturated/α-hetero) is 1. The number of sulfone groups is 1.